The highest BCUT2D eigenvalue weighted by atomic mass is 16.7. The highest BCUT2D eigenvalue weighted by Crippen LogP contribution is 2.44. The molecule has 1 aliphatic heterocycles. The van der Waals surface area contributed by atoms with E-state index in [0.717, 1.165) is 6.42 Å². The van der Waals surface area contributed by atoms with Crippen LogP contribution in [0.1, 0.15) is 33.6 Å². The first-order valence-corrected chi connectivity index (χ1v) is 7.44. The lowest BCUT2D eigenvalue weighted by atomic mass is 9.71. The van der Waals surface area contributed by atoms with Crippen LogP contribution < -0.4 is 0 Å². The number of aliphatic hydroxyl groups excluding tert-OH is 1. The van der Waals surface area contributed by atoms with Gasteiger partial charge in [-0.05, 0) is 12.8 Å². The fourth-order valence-corrected chi connectivity index (χ4v) is 2.55. The Kier molecular flexibility index (Phi) is 6.28. The zero-order valence-electron chi connectivity index (χ0n) is 13.8. The first-order chi connectivity index (χ1) is 10.3. The number of esters is 1. The van der Waals surface area contributed by atoms with Crippen LogP contribution in [0.4, 0.5) is 0 Å². The highest BCUT2D eigenvalue weighted by Gasteiger charge is 2.65. The smallest absolute Gasteiger partial charge is 0.347 e. The van der Waals surface area contributed by atoms with Crippen molar-refractivity contribution in [1.29, 1.82) is 0 Å². The van der Waals surface area contributed by atoms with Gasteiger partial charge in [-0.2, -0.15) is 0 Å². The van der Waals surface area contributed by atoms with Crippen molar-refractivity contribution in [3.8, 4) is 0 Å². The van der Waals surface area contributed by atoms with E-state index in [4.69, 9.17) is 14.2 Å². The third-order valence-corrected chi connectivity index (χ3v) is 4.53. The Morgan fingerprint density at radius 2 is 2.23 bits per heavy atom. The summed E-state index contributed by atoms with van der Waals surface area (Å²) in [5, 5.41) is 10.1. The van der Waals surface area contributed by atoms with Crippen LogP contribution in [-0.4, -0.2) is 49.1 Å². The lowest BCUT2D eigenvalue weighted by Gasteiger charge is -2.36. The third-order valence-electron chi connectivity index (χ3n) is 4.53. The molecule has 1 heterocycles. The van der Waals surface area contributed by atoms with Gasteiger partial charge in [0.1, 0.15) is 13.4 Å². The van der Waals surface area contributed by atoms with Crippen LogP contribution in [-0.2, 0) is 23.8 Å². The van der Waals surface area contributed by atoms with Crippen LogP contribution in [0.3, 0.4) is 0 Å². The second-order valence-electron chi connectivity index (χ2n) is 6.01. The highest BCUT2D eigenvalue weighted by molar-refractivity contribution is 6.10. The summed E-state index contributed by atoms with van der Waals surface area (Å²) < 4.78 is 15.4. The number of carbonyl (C=O) groups is 2. The molecular weight excluding hydrogens is 288 g/mol. The Labute approximate surface area is 131 Å². The van der Waals surface area contributed by atoms with Crippen LogP contribution in [0.2, 0.25) is 0 Å². The van der Waals surface area contributed by atoms with Crippen LogP contribution >= 0.6 is 0 Å². The van der Waals surface area contributed by atoms with E-state index in [0.29, 0.717) is 0 Å². The molecule has 1 rings (SSSR count). The summed E-state index contributed by atoms with van der Waals surface area (Å²) in [4.78, 5) is 25.1. The average Bonchev–Trinajstić information content (AvgIpc) is 2.77. The summed E-state index contributed by atoms with van der Waals surface area (Å²) in [7, 11) is 1.40. The summed E-state index contributed by atoms with van der Waals surface area (Å²) in [6.45, 7) is 8.92. The van der Waals surface area contributed by atoms with Crippen LogP contribution in [0.25, 0.3) is 0 Å². The molecule has 0 bridgehead atoms. The summed E-state index contributed by atoms with van der Waals surface area (Å²) in [5.41, 5.74) is -2.83. The molecule has 0 amide bonds. The Morgan fingerprint density at radius 1 is 1.59 bits per heavy atom. The molecule has 0 aromatic carbocycles. The monoisotopic (exact) mass is 314 g/mol. The molecular formula is C16H26O6. The fraction of sp³-hybridized carbons (Fsp3) is 0.750. The normalized spacial score (nSPS) is 30.7. The third kappa shape index (κ3) is 3.09. The molecule has 0 unspecified atom stereocenters. The first-order valence-electron chi connectivity index (χ1n) is 7.44. The summed E-state index contributed by atoms with van der Waals surface area (Å²) >= 11 is 0. The van der Waals surface area contributed by atoms with Crippen molar-refractivity contribution < 1.29 is 28.9 Å². The molecule has 0 aliphatic carbocycles. The Balaban J connectivity index is 3.13. The van der Waals surface area contributed by atoms with Crippen LogP contribution in [0.5, 0.6) is 0 Å². The van der Waals surface area contributed by atoms with Crippen molar-refractivity contribution >= 4 is 11.8 Å². The zero-order valence-corrected chi connectivity index (χ0v) is 13.8. The molecule has 126 valence electrons. The molecule has 1 saturated heterocycles. The first kappa shape index (κ1) is 18.8. The van der Waals surface area contributed by atoms with Gasteiger partial charge < -0.3 is 19.3 Å². The Bertz CT molecular complexity index is 434. The molecule has 1 fully saturated rings. The van der Waals surface area contributed by atoms with E-state index >= 15 is 0 Å². The molecule has 6 heteroatoms. The van der Waals surface area contributed by atoms with Gasteiger partial charge in [0.05, 0.1) is 11.5 Å². The second kappa shape index (κ2) is 7.35. The molecule has 1 aliphatic rings. The number of aliphatic hydroxyl groups is 1. The standard InChI is InChI=1S/C16H26O6/c1-6-11(3)12(17)8-13(18)16(22-10-20-5)14(19)21-9-15(16,4)7-2/h7,11-12,17H,2,6,8-10H2,1,3-5H3/t11-,12+,15-,16+/m0/s1. The van der Waals surface area contributed by atoms with Gasteiger partial charge in [0.15, 0.2) is 5.78 Å². The van der Waals surface area contributed by atoms with E-state index in [1.54, 1.807) is 6.92 Å². The molecule has 4 atom stereocenters. The number of cyclic esters (lactones) is 1. The second-order valence-corrected chi connectivity index (χ2v) is 6.01. The molecule has 0 saturated carbocycles. The number of rotatable bonds is 9. The minimum Gasteiger partial charge on any atom is -0.462 e. The van der Waals surface area contributed by atoms with E-state index < -0.39 is 28.9 Å². The molecule has 6 nitrogen and oxygen atoms in total. The lowest BCUT2D eigenvalue weighted by Crippen LogP contribution is -2.57. The van der Waals surface area contributed by atoms with Gasteiger partial charge >= 0.3 is 5.97 Å². The molecule has 22 heavy (non-hydrogen) atoms. The van der Waals surface area contributed by atoms with Gasteiger partial charge in [-0.1, -0.05) is 26.3 Å². The topological polar surface area (TPSA) is 82.1 Å². The van der Waals surface area contributed by atoms with Gasteiger partial charge in [-0.15, -0.1) is 6.58 Å². The minimum absolute atomic E-state index is 0.00418. The largest absolute Gasteiger partial charge is 0.462 e. The van der Waals surface area contributed by atoms with E-state index in [1.807, 2.05) is 13.8 Å². The molecule has 0 aromatic rings. The van der Waals surface area contributed by atoms with Crippen molar-refractivity contribution in [3.63, 3.8) is 0 Å². The van der Waals surface area contributed by atoms with Gasteiger partial charge in [0.2, 0.25) is 5.60 Å². The quantitative estimate of drug-likeness (QED) is 0.300. The van der Waals surface area contributed by atoms with Gasteiger partial charge in [-0.3, -0.25) is 4.79 Å². The molecule has 0 aromatic heterocycles. The van der Waals surface area contributed by atoms with Crippen molar-refractivity contribution in [2.45, 2.75) is 45.3 Å². The Hall–Kier alpha value is -1.24. The van der Waals surface area contributed by atoms with E-state index in [1.165, 1.54) is 13.2 Å². The molecule has 1 N–H and O–H groups in total. The maximum Gasteiger partial charge on any atom is 0.347 e. The maximum atomic E-state index is 12.8. The molecule has 0 radical (unpaired) electrons. The summed E-state index contributed by atoms with van der Waals surface area (Å²) in [5.74, 6) is -1.33. The van der Waals surface area contributed by atoms with Crippen LogP contribution in [0.15, 0.2) is 12.7 Å². The van der Waals surface area contributed by atoms with E-state index in [-0.39, 0.29) is 25.7 Å². The number of hydrogen-bond acceptors (Lipinski definition) is 6. The van der Waals surface area contributed by atoms with Crippen molar-refractivity contribution in [2.24, 2.45) is 11.3 Å². The van der Waals surface area contributed by atoms with Crippen LogP contribution in [0, 0.1) is 11.3 Å². The average molecular weight is 314 g/mol. The van der Waals surface area contributed by atoms with Crippen molar-refractivity contribution in [3.05, 3.63) is 12.7 Å². The van der Waals surface area contributed by atoms with Gasteiger partial charge in [0.25, 0.3) is 0 Å². The molecule has 0 spiro atoms. The van der Waals surface area contributed by atoms with Crippen molar-refractivity contribution in [2.75, 3.05) is 20.5 Å². The number of ketones is 1. The SMILES string of the molecule is C=C[C@@]1(C)COC(=O)[C@]1(OCOC)C(=O)C[C@@H](O)[C@@H](C)CC. The summed E-state index contributed by atoms with van der Waals surface area (Å²) in [6.07, 6.45) is 1.19. The predicted octanol–water partition coefficient (Wildman–Crippen LogP) is 1.46. The van der Waals surface area contributed by atoms with E-state index in [9.17, 15) is 14.7 Å². The number of methoxy groups -OCH3 is 1. The number of Topliss-reactive ketones (excluding diaryl/α,β-unsaturated/α-hetero) is 1. The number of hydrogen-bond donors (Lipinski definition) is 1. The predicted molar refractivity (Wildman–Crippen MR) is 80.0 cm³/mol. The summed E-state index contributed by atoms with van der Waals surface area (Å²) in [6, 6.07) is 0. The van der Waals surface area contributed by atoms with E-state index in [2.05, 4.69) is 6.58 Å². The zero-order chi connectivity index (χ0) is 17.0. The van der Waals surface area contributed by atoms with Gasteiger partial charge in [-0.25, -0.2) is 4.79 Å². The maximum absolute atomic E-state index is 12.8. The minimum atomic E-state index is -1.82. The Morgan fingerprint density at radius 3 is 2.73 bits per heavy atom. The number of carbonyl (C=O) groups excluding carboxylic acids is 2. The lowest BCUT2D eigenvalue weighted by molar-refractivity contribution is -0.188. The number of ether oxygens (including phenoxy) is 3. The fourth-order valence-electron chi connectivity index (χ4n) is 2.55. The van der Waals surface area contributed by atoms with Gasteiger partial charge in [0, 0.05) is 13.5 Å². The van der Waals surface area contributed by atoms with Crippen molar-refractivity contribution in [1.82, 2.24) is 0 Å².